The third-order valence-electron chi connectivity index (χ3n) is 2.22. The van der Waals surface area contributed by atoms with Gasteiger partial charge >= 0.3 is 0 Å². The Hall–Kier alpha value is -1.02. The van der Waals surface area contributed by atoms with Crippen LogP contribution in [0.2, 0.25) is 0 Å². The molecule has 12 heavy (non-hydrogen) atoms. The predicted molar refractivity (Wildman–Crippen MR) is 52.9 cm³/mol. The Kier molecular flexibility index (Phi) is 2.38. The monoisotopic (exact) mass is 164 g/mol. The molecule has 1 aromatic carbocycles. The van der Waals surface area contributed by atoms with Crippen molar-refractivity contribution in [2.45, 2.75) is 26.8 Å². The van der Waals surface area contributed by atoms with Gasteiger partial charge in [-0.05, 0) is 49.6 Å². The van der Waals surface area contributed by atoms with E-state index in [0.29, 0.717) is 0 Å². The molecule has 1 aromatic rings. The van der Waals surface area contributed by atoms with Crippen molar-refractivity contribution in [1.29, 1.82) is 0 Å². The van der Waals surface area contributed by atoms with E-state index in [1.165, 1.54) is 11.1 Å². The van der Waals surface area contributed by atoms with Crippen molar-refractivity contribution >= 4 is 5.69 Å². The Labute approximate surface area is 73.6 Å². The third-order valence-corrected chi connectivity index (χ3v) is 2.22. The Morgan fingerprint density at radius 2 is 1.83 bits per heavy atom. The molecule has 0 heterocycles. The van der Waals surface area contributed by atoms with E-state index < -0.39 is 0 Å². The second-order valence-electron chi connectivity index (χ2n) is 3.34. The summed E-state index contributed by atoms with van der Waals surface area (Å²) >= 11 is 0. The number of nitrogen functional groups attached to an aromatic ring is 1. The first-order valence-corrected chi connectivity index (χ1v) is 4.14. The summed E-state index contributed by atoms with van der Waals surface area (Å²) < 4.78 is 0. The summed E-state index contributed by atoms with van der Waals surface area (Å²) in [5.41, 5.74) is 15.9. The number of hydrogen-bond donors (Lipinski definition) is 2. The third kappa shape index (κ3) is 1.59. The van der Waals surface area contributed by atoms with Gasteiger partial charge in [-0.3, -0.25) is 0 Å². The molecule has 2 nitrogen and oxygen atoms in total. The molecule has 1 rings (SSSR count). The zero-order chi connectivity index (χ0) is 9.30. The van der Waals surface area contributed by atoms with Crippen molar-refractivity contribution in [3.63, 3.8) is 0 Å². The molecule has 0 aliphatic carbocycles. The number of aryl methyl sites for hydroxylation is 1. The maximum Gasteiger partial charge on any atom is 0.0320 e. The van der Waals surface area contributed by atoms with Crippen molar-refractivity contribution in [2.75, 3.05) is 5.73 Å². The van der Waals surface area contributed by atoms with Gasteiger partial charge in [0.05, 0.1) is 0 Å². The first kappa shape index (κ1) is 9.07. The Morgan fingerprint density at radius 3 is 2.33 bits per heavy atom. The van der Waals surface area contributed by atoms with Crippen molar-refractivity contribution in [3.8, 4) is 0 Å². The fourth-order valence-corrected chi connectivity index (χ4v) is 1.39. The van der Waals surface area contributed by atoms with Gasteiger partial charge in [-0.15, -0.1) is 0 Å². The molecule has 1 atom stereocenters. The zero-order valence-corrected chi connectivity index (χ0v) is 7.89. The highest BCUT2D eigenvalue weighted by molar-refractivity contribution is 5.49. The van der Waals surface area contributed by atoms with Crippen LogP contribution >= 0.6 is 0 Å². The van der Waals surface area contributed by atoms with Gasteiger partial charge in [-0.2, -0.15) is 0 Å². The van der Waals surface area contributed by atoms with Crippen LogP contribution in [0.5, 0.6) is 0 Å². The fourth-order valence-electron chi connectivity index (χ4n) is 1.39. The molecule has 0 saturated heterocycles. The second-order valence-corrected chi connectivity index (χ2v) is 3.34. The Balaban J connectivity index is 3.28. The second kappa shape index (κ2) is 3.15. The van der Waals surface area contributed by atoms with E-state index in [1.807, 2.05) is 19.1 Å². The molecule has 0 bridgehead atoms. The molecule has 4 N–H and O–H groups in total. The number of anilines is 1. The summed E-state index contributed by atoms with van der Waals surface area (Å²) in [5.74, 6) is 0. The molecular weight excluding hydrogens is 148 g/mol. The number of nitrogens with two attached hydrogens (primary N) is 2. The average Bonchev–Trinajstić information content (AvgIpc) is 1.96. The average molecular weight is 164 g/mol. The minimum Gasteiger partial charge on any atom is -0.399 e. The van der Waals surface area contributed by atoms with Crippen LogP contribution in [-0.2, 0) is 0 Å². The summed E-state index contributed by atoms with van der Waals surface area (Å²) in [6.07, 6.45) is 0. The molecule has 0 spiro atoms. The largest absolute Gasteiger partial charge is 0.399 e. The van der Waals surface area contributed by atoms with Crippen LogP contribution in [0.25, 0.3) is 0 Å². The lowest BCUT2D eigenvalue weighted by molar-refractivity contribution is 0.808. The molecule has 0 aliphatic rings. The molecule has 0 fully saturated rings. The number of rotatable bonds is 1. The lowest BCUT2D eigenvalue weighted by atomic mass is 9.98. The minimum atomic E-state index is 0.0622. The normalized spacial score (nSPS) is 13.0. The first-order chi connectivity index (χ1) is 5.52. The van der Waals surface area contributed by atoms with Gasteiger partial charge in [0.2, 0.25) is 0 Å². The summed E-state index contributed by atoms with van der Waals surface area (Å²) in [4.78, 5) is 0. The van der Waals surface area contributed by atoms with Crippen LogP contribution in [0.3, 0.4) is 0 Å². The van der Waals surface area contributed by atoms with Gasteiger partial charge in [-0.25, -0.2) is 0 Å². The van der Waals surface area contributed by atoms with Crippen LogP contribution < -0.4 is 11.5 Å². The molecule has 0 radical (unpaired) electrons. The predicted octanol–water partition coefficient (Wildman–Crippen LogP) is 1.91. The molecule has 2 heteroatoms. The van der Waals surface area contributed by atoms with Crippen LogP contribution in [-0.4, -0.2) is 0 Å². The highest BCUT2D eigenvalue weighted by atomic mass is 14.6. The van der Waals surface area contributed by atoms with Crippen LogP contribution in [0.15, 0.2) is 12.1 Å². The van der Waals surface area contributed by atoms with E-state index in [4.69, 9.17) is 11.5 Å². The first-order valence-electron chi connectivity index (χ1n) is 4.14. The van der Waals surface area contributed by atoms with Crippen molar-refractivity contribution < 1.29 is 0 Å². The van der Waals surface area contributed by atoms with Crippen molar-refractivity contribution in [3.05, 3.63) is 28.8 Å². The van der Waals surface area contributed by atoms with Gasteiger partial charge in [0.25, 0.3) is 0 Å². The van der Waals surface area contributed by atoms with Gasteiger partial charge < -0.3 is 11.5 Å². The Bertz CT molecular complexity index is 290. The van der Waals surface area contributed by atoms with Crippen molar-refractivity contribution in [1.82, 2.24) is 0 Å². The van der Waals surface area contributed by atoms with Crippen LogP contribution in [0.1, 0.15) is 29.7 Å². The standard InChI is InChI=1S/C10H16N2/c1-6-4-9(12)5-10(7(6)2)8(3)11/h4-5,8H,11-12H2,1-3H3/t8-/m1/s1. The fraction of sp³-hybridized carbons (Fsp3) is 0.400. The van der Waals surface area contributed by atoms with Crippen molar-refractivity contribution in [2.24, 2.45) is 5.73 Å². The number of benzene rings is 1. The summed E-state index contributed by atoms with van der Waals surface area (Å²) in [6, 6.07) is 3.99. The van der Waals surface area contributed by atoms with E-state index in [9.17, 15) is 0 Å². The lowest BCUT2D eigenvalue weighted by Gasteiger charge is -2.12. The smallest absolute Gasteiger partial charge is 0.0320 e. The lowest BCUT2D eigenvalue weighted by Crippen LogP contribution is -2.08. The molecule has 0 amide bonds. The summed E-state index contributed by atoms with van der Waals surface area (Å²) in [5, 5.41) is 0. The molecule has 0 aliphatic heterocycles. The van der Waals surface area contributed by atoms with E-state index in [0.717, 1.165) is 11.3 Å². The van der Waals surface area contributed by atoms with Gasteiger partial charge in [0.1, 0.15) is 0 Å². The zero-order valence-electron chi connectivity index (χ0n) is 7.89. The minimum absolute atomic E-state index is 0.0622. The quantitative estimate of drug-likeness (QED) is 0.623. The molecule has 66 valence electrons. The van der Waals surface area contributed by atoms with Gasteiger partial charge in [0, 0.05) is 11.7 Å². The van der Waals surface area contributed by atoms with Crippen LogP contribution in [0, 0.1) is 13.8 Å². The molecular formula is C10H16N2. The topological polar surface area (TPSA) is 52.0 Å². The summed E-state index contributed by atoms with van der Waals surface area (Å²) in [7, 11) is 0. The summed E-state index contributed by atoms with van der Waals surface area (Å²) in [6.45, 7) is 6.10. The van der Waals surface area contributed by atoms with Gasteiger partial charge in [0.15, 0.2) is 0 Å². The highest BCUT2D eigenvalue weighted by Gasteiger charge is 2.06. The maximum absolute atomic E-state index is 5.80. The van der Waals surface area contributed by atoms with E-state index in [2.05, 4.69) is 13.8 Å². The highest BCUT2D eigenvalue weighted by Crippen LogP contribution is 2.21. The molecule has 0 unspecified atom stereocenters. The van der Waals surface area contributed by atoms with E-state index in [-0.39, 0.29) is 6.04 Å². The van der Waals surface area contributed by atoms with Gasteiger partial charge in [-0.1, -0.05) is 0 Å². The van der Waals surface area contributed by atoms with E-state index in [1.54, 1.807) is 0 Å². The SMILES string of the molecule is Cc1cc(N)cc([C@@H](C)N)c1C. The molecule has 0 saturated carbocycles. The van der Waals surface area contributed by atoms with E-state index >= 15 is 0 Å². The number of hydrogen-bond acceptors (Lipinski definition) is 2. The molecule has 0 aromatic heterocycles. The van der Waals surface area contributed by atoms with Crippen LogP contribution in [0.4, 0.5) is 5.69 Å². The Morgan fingerprint density at radius 1 is 1.25 bits per heavy atom. The maximum atomic E-state index is 5.80.